The van der Waals surface area contributed by atoms with Crippen molar-refractivity contribution in [2.24, 2.45) is 5.92 Å². The third-order valence-corrected chi connectivity index (χ3v) is 13.6. The number of hydrogen-bond acceptors (Lipinski definition) is 12. The van der Waals surface area contributed by atoms with E-state index < -0.39 is 64.4 Å². The van der Waals surface area contributed by atoms with Crippen molar-refractivity contribution in [3.8, 4) is 17.6 Å². The SMILES string of the molecule is O=C1OC(c2ccccc2)C(c2ccccc2)N2C1C(C(=O)N1CCCCCCC1)C1(C(=O)N(C(=O)OCc3ccc([N+](=O)[O-])cc3)c3ccc(C#CCCO)cc31)C2c1ccccc1OCCO. The summed E-state index contributed by atoms with van der Waals surface area (Å²) >= 11 is 0. The number of para-hydroxylation sites is 1. The molecule has 3 amide bonds. The van der Waals surface area contributed by atoms with E-state index in [1.165, 1.54) is 24.3 Å². The molecule has 15 nitrogen and oxygen atoms in total. The van der Waals surface area contributed by atoms with Crippen LogP contribution in [0.5, 0.6) is 5.75 Å². The van der Waals surface area contributed by atoms with Crippen molar-refractivity contribution in [3.05, 3.63) is 171 Å². The van der Waals surface area contributed by atoms with Crippen molar-refractivity contribution in [2.45, 2.75) is 74.8 Å². The molecule has 4 aliphatic rings. The van der Waals surface area contributed by atoms with Crippen LogP contribution in [-0.4, -0.2) is 87.8 Å². The molecule has 15 heteroatoms. The maximum absolute atomic E-state index is 16.7. The van der Waals surface area contributed by atoms with E-state index in [4.69, 9.17) is 14.2 Å². The van der Waals surface area contributed by atoms with Crippen LogP contribution in [0.2, 0.25) is 0 Å². The first kappa shape index (κ1) is 46.7. The Bertz CT molecular complexity index is 2770. The quantitative estimate of drug-likeness (QED) is 0.0576. The van der Waals surface area contributed by atoms with E-state index in [1.807, 2.05) is 65.6 Å². The van der Waals surface area contributed by atoms with Crippen molar-refractivity contribution in [3.63, 3.8) is 0 Å². The molecule has 3 fully saturated rings. The lowest BCUT2D eigenvalue weighted by molar-refractivity contribution is -0.384. The fraction of sp³-hybridized carbons (Fsp3) is 0.333. The molecule has 0 aliphatic carbocycles. The molecule has 5 aromatic rings. The number of nitrogens with zero attached hydrogens (tertiary/aromatic N) is 4. The van der Waals surface area contributed by atoms with Crippen LogP contribution < -0.4 is 9.64 Å². The number of fused-ring (bicyclic) bond motifs is 3. The summed E-state index contributed by atoms with van der Waals surface area (Å²) in [5.74, 6) is 2.81. The number of non-ortho nitro benzene ring substituents is 1. The zero-order valence-corrected chi connectivity index (χ0v) is 37.9. The van der Waals surface area contributed by atoms with Crippen LogP contribution in [0.25, 0.3) is 0 Å². The summed E-state index contributed by atoms with van der Waals surface area (Å²) in [6.07, 6.45) is 2.30. The fourth-order valence-corrected chi connectivity index (χ4v) is 10.7. The molecule has 9 rings (SSSR count). The van der Waals surface area contributed by atoms with Gasteiger partial charge in [0.15, 0.2) is 0 Å². The molecule has 354 valence electrons. The number of cyclic esters (lactones) is 1. The number of imide groups is 1. The summed E-state index contributed by atoms with van der Waals surface area (Å²) in [6, 6.07) is 32.7. The molecule has 1 spiro atoms. The number of carbonyl (C=O) groups is 4. The number of nitro groups is 1. The number of ether oxygens (including phenoxy) is 3. The van der Waals surface area contributed by atoms with Crippen molar-refractivity contribution in [1.29, 1.82) is 0 Å². The molecule has 0 aromatic heterocycles. The summed E-state index contributed by atoms with van der Waals surface area (Å²) in [4.78, 5) is 78.8. The summed E-state index contributed by atoms with van der Waals surface area (Å²) in [5.41, 5.74) is 0.749. The maximum atomic E-state index is 16.7. The third kappa shape index (κ3) is 8.71. The molecular formula is C54H52N4O11. The number of carbonyl (C=O) groups excluding carboxylic acids is 4. The van der Waals surface area contributed by atoms with Crippen molar-refractivity contribution in [1.82, 2.24) is 9.80 Å². The minimum absolute atomic E-state index is 0.106. The molecule has 6 unspecified atom stereocenters. The summed E-state index contributed by atoms with van der Waals surface area (Å²) < 4.78 is 18.8. The minimum atomic E-state index is -2.10. The molecular weight excluding hydrogens is 881 g/mol. The zero-order chi connectivity index (χ0) is 48.1. The van der Waals surface area contributed by atoms with Crippen molar-refractivity contribution >= 4 is 35.3 Å². The number of amides is 3. The zero-order valence-electron chi connectivity index (χ0n) is 37.9. The largest absolute Gasteiger partial charge is 0.491 e. The Morgan fingerprint density at radius 1 is 0.797 bits per heavy atom. The molecule has 4 aliphatic heterocycles. The van der Waals surface area contributed by atoms with E-state index in [1.54, 1.807) is 47.4 Å². The number of hydrogen-bond donors (Lipinski definition) is 2. The smallest absolute Gasteiger partial charge is 0.421 e. The van der Waals surface area contributed by atoms with E-state index in [0.717, 1.165) is 29.7 Å². The second-order valence-corrected chi connectivity index (χ2v) is 17.6. The first-order valence-electron chi connectivity index (χ1n) is 23.4. The van der Waals surface area contributed by atoms with Gasteiger partial charge in [-0.15, -0.1) is 0 Å². The van der Waals surface area contributed by atoms with Crippen molar-refractivity contribution in [2.75, 3.05) is 37.8 Å². The van der Waals surface area contributed by atoms with E-state index in [0.29, 0.717) is 48.2 Å². The highest BCUT2D eigenvalue weighted by Crippen LogP contribution is 2.67. The first-order valence-corrected chi connectivity index (χ1v) is 23.4. The van der Waals surface area contributed by atoms with Crippen LogP contribution in [0.3, 0.4) is 0 Å². The molecule has 6 atom stereocenters. The van der Waals surface area contributed by atoms with Gasteiger partial charge in [0.25, 0.3) is 5.69 Å². The van der Waals surface area contributed by atoms with Gasteiger partial charge in [0, 0.05) is 42.8 Å². The van der Waals surface area contributed by atoms with Crippen LogP contribution in [0.4, 0.5) is 16.2 Å². The number of aliphatic hydroxyl groups is 2. The molecule has 69 heavy (non-hydrogen) atoms. The second kappa shape index (κ2) is 20.5. The molecule has 0 saturated carbocycles. The number of anilines is 1. The highest BCUT2D eigenvalue weighted by atomic mass is 16.6. The van der Waals surface area contributed by atoms with Crippen LogP contribution in [0, 0.1) is 27.9 Å². The minimum Gasteiger partial charge on any atom is -0.491 e. The summed E-state index contributed by atoms with van der Waals surface area (Å²) in [6.45, 7) is -0.275. The van der Waals surface area contributed by atoms with E-state index >= 15 is 14.4 Å². The van der Waals surface area contributed by atoms with Gasteiger partial charge in [0.2, 0.25) is 11.8 Å². The standard InChI is InChI=1S/C54H52N4O11/c59-31-15-12-16-36-25-28-43-42(34-36)54(52(63)56(43)53(64)68-35-37-23-26-40(27-24-37)58(65)66)45(50(61)55-29-13-2-1-3-14-30-55)47-51(62)69-48(39-19-8-5-9-20-39)46(38-17-6-4-7-18-38)57(47)49(54)41-21-10-11-22-44(41)67-33-32-60/h4-11,17-28,34,45-49,59-60H,1-3,13-15,29-33,35H2. The Labute approximate surface area is 399 Å². The van der Waals surface area contributed by atoms with Crippen LogP contribution in [0.1, 0.15) is 90.1 Å². The maximum Gasteiger partial charge on any atom is 0.421 e. The Morgan fingerprint density at radius 3 is 2.14 bits per heavy atom. The Balaban J connectivity index is 1.33. The molecule has 5 aromatic carbocycles. The second-order valence-electron chi connectivity index (χ2n) is 17.6. The van der Waals surface area contributed by atoms with Gasteiger partial charge < -0.3 is 29.3 Å². The topological polar surface area (TPSA) is 189 Å². The highest BCUT2D eigenvalue weighted by molar-refractivity contribution is 6.23. The van der Waals surface area contributed by atoms with Crippen LogP contribution >= 0.6 is 0 Å². The molecule has 3 saturated heterocycles. The predicted molar refractivity (Wildman–Crippen MR) is 252 cm³/mol. The summed E-state index contributed by atoms with van der Waals surface area (Å²) in [7, 11) is 0. The van der Waals surface area contributed by atoms with Gasteiger partial charge in [0.05, 0.1) is 41.8 Å². The number of nitro benzene ring substituents is 1. The fourth-order valence-electron chi connectivity index (χ4n) is 10.7. The van der Waals surface area contributed by atoms with Gasteiger partial charge in [0.1, 0.15) is 36.5 Å². The molecule has 0 bridgehead atoms. The van der Waals surface area contributed by atoms with Gasteiger partial charge in [-0.1, -0.05) is 110 Å². The van der Waals surface area contributed by atoms with Gasteiger partial charge in [-0.3, -0.25) is 29.4 Å². The summed E-state index contributed by atoms with van der Waals surface area (Å²) in [5, 5.41) is 31.2. The Morgan fingerprint density at radius 2 is 1.46 bits per heavy atom. The number of morpholine rings is 1. The van der Waals surface area contributed by atoms with Gasteiger partial charge >= 0.3 is 12.1 Å². The van der Waals surface area contributed by atoms with E-state index in [9.17, 15) is 25.1 Å². The van der Waals surface area contributed by atoms with E-state index in [-0.39, 0.29) is 55.5 Å². The Kier molecular flexibility index (Phi) is 13.9. The van der Waals surface area contributed by atoms with Gasteiger partial charge in [-0.2, -0.15) is 0 Å². The average molecular weight is 933 g/mol. The number of esters is 1. The number of likely N-dealkylation sites (tertiary alicyclic amines) is 1. The number of aliphatic hydroxyl groups excluding tert-OH is 2. The lowest BCUT2D eigenvalue weighted by Crippen LogP contribution is -2.56. The predicted octanol–water partition coefficient (Wildman–Crippen LogP) is 7.49. The Hall–Kier alpha value is -7.38. The van der Waals surface area contributed by atoms with Crippen LogP contribution in [0.15, 0.2) is 127 Å². The first-order chi connectivity index (χ1) is 33.7. The highest BCUT2D eigenvalue weighted by Gasteiger charge is 2.76. The number of benzene rings is 5. The van der Waals surface area contributed by atoms with Crippen LogP contribution in [-0.2, 0) is 35.9 Å². The van der Waals surface area contributed by atoms with E-state index in [2.05, 4.69) is 11.8 Å². The van der Waals surface area contributed by atoms with Gasteiger partial charge in [-0.05, 0) is 71.5 Å². The van der Waals surface area contributed by atoms with Gasteiger partial charge in [-0.25, -0.2) is 9.69 Å². The lowest BCUT2D eigenvalue weighted by Gasteiger charge is -2.46. The van der Waals surface area contributed by atoms with Crippen molar-refractivity contribution < 1.29 is 48.5 Å². The molecule has 2 N–H and O–H groups in total. The molecule has 0 radical (unpaired) electrons. The lowest BCUT2D eigenvalue weighted by atomic mass is 9.64. The third-order valence-electron chi connectivity index (χ3n) is 13.6. The average Bonchev–Trinajstić information content (AvgIpc) is 3.81. The molecule has 4 heterocycles. The monoisotopic (exact) mass is 932 g/mol. The number of rotatable bonds is 11. The normalized spacial score (nSPS) is 23.2.